The Hall–Kier alpha value is -3.88. The molecule has 0 bridgehead atoms. The zero-order valence-corrected chi connectivity index (χ0v) is 16.0. The van der Waals surface area contributed by atoms with Gasteiger partial charge < -0.3 is 9.84 Å². The number of rotatable bonds is 6. The Labute approximate surface area is 170 Å². The molecule has 0 saturated heterocycles. The van der Waals surface area contributed by atoms with Crippen LogP contribution in [0.1, 0.15) is 39.9 Å². The summed E-state index contributed by atoms with van der Waals surface area (Å²) in [7, 11) is 0. The molecule has 2 aromatic carbocycles. The van der Waals surface area contributed by atoms with Crippen LogP contribution in [0, 0.1) is 5.82 Å². The molecule has 30 heavy (non-hydrogen) atoms. The Kier molecular flexibility index (Phi) is 5.09. The van der Waals surface area contributed by atoms with Gasteiger partial charge >= 0.3 is 0 Å². The number of hydrogen-bond donors (Lipinski definition) is 1. The molecular weight excluding hydrogens is 391 g/mol. The molecule has 1 atom stereocenters. The van der Waals surface area contributed by atoms with E-state index < -0.39 is 17.9 Å². The van der Waals surface area contributed by atoms with Gasteiger partial charge in [0, 0.05) is 18.0 Å². The van der Waals surface area contributed by atoms with Crippen molar-refractivity contribution in [3.05, 3.63) is 71.3 Å². The molecule has 3 amide bonds. The fourth-order valence-electron chi connectivity index (χ4n) is 3.25. The number of halogens is 1. The van der Waals surface area contributed by atoms with E-state index >= 15 is 0 Å². The van der Waals surface area contributed by atoms with Crippen LogP contribution in [0.5, 0.6) is 0 Å². The number of nitrogens with one attached hydrogen (secondary N) is 1. The van der Waals surface area contributed by atoms with Crippen LogP contribution >= 0.6 is 0 Å². The minimum absolute atomic E-state index is 0.0123. The van der Waals surface area contributed by atoms with Crippen molar-refractivity contribution >= 4 is 17.7 Å². The average molecular weight is 408 g/mol. The smallest absolute Gasteiger partial charge is 0.261 e. The molecular formula is C21H17FN4O4. The third-order valence-corrected chi connectivity index (χ3v) is 4.75. The van der Waals surface area contributed by atoms with Crippen LogP contribution in [0.2, 0.25) is 0 Å². The van der Waals surface area contributed by atoms with Crippen molar-refractivity contribution in [3.8, 4) is 11.5 Å². The summed E-state index contributed by atoms with van der Waals surface area (Å²) >= 11 is 0. The minimum Gasteiger partial charge on any atom is -0.349 e. The van der Waals surface area contributed by atoms with Crippen LogP contribution in [0.3, 0.4) is 0 Å². The van der Waals surface area contributed by atoms with Crippen molar-refractivity contribution in [3.63, 3.8) is 0 Å². The number of carbonyl (C=O) groups is 3. The van der Waals surface area contributed by atoms with Gasteiger partial charge in [-0.05, 0) is 43.3 Å². The van der Waals surface area contributed by atoms with E-state index in [2.05, 4.69) is 15.5 Å². The Morgan fingerprint density at radius 1 is 1.10 bits per heavy atom. The number of imide groups is 1. The second kappa shape index (κ2) is 7.86. The van der Waals surface area contributed by atoms with Gasteiger partial charge in [-0.2, -0.15) is 4.98 Å². The monoisotopic (exact) mass is 408 g/mol. The summed E-state index contributed by atoms with van der Waals surface area (Å²) in [5.41, 5.74) is 1.24. The summed E-state index contributed by atoms with van der Waals surface area (Å²) in [6.07, 6.45) is -0.0614. The summed E-state index contributed by atoms with van der Waals surface area (Å²) in [4.78, 5) is 42.5. The van der Waals surface area contributed by atoms with E-state index in [9.17, 15) is 18.8 Å². The average Bonchev–Trinajstić information content (AvgIpc) is 3.31. The minimum atomic E-state index is -0.613. The first-order chi connectivity index (χ1) is 14.4. The molecule has 3 aromatic rings. The van der Waals surface area contributed by atoms with Gasteiger partial charge in [-0.3, -0.25) is 19.3 Å². The first-order valence-electron chi connectivity index (χ1n) is 9.26. The zero-order chi connectivity index (χ0) is 21.3. The highest BCUT2D eigenvalue weighted by atomic mass is 19.1. The van der Waals surface area contributed by atoms with Gasteiger partial charge in [-0.1, -0.05) is 17.3 Å². The summed E-state index contributed by atoms with van der Waals surface area (Å²) < 4.78 is 18.1. The number of benzene rings is 2. The van der Waals surface area contributed by atoms with Gasteiger partial charge in [0.25, 0.3) is 17.7 Å². The van der Waals surface area contributed by atoms with Gasteiger partial charge in [-0.15, -0.1) is 0 Å². The molecule has 0 radical (unpaired) electrons. The van der Waals surface area contributed by atoms with Crippen molar-refractivity contribution in [2.75, 3.05) is 0 Å². The number of carbonyl (C=O) groups excluding carboxylic acids is 3. The van der Waals surface area contributed by atoms with E-state index in [0.29, 0.717) is 16.7 Å². The van der Waals surface area contributed by atoms with E-state index in [-0.39, 0.29) is 36.4 Å². The van der Waals surface area contributed by atoms with Gasteiger partial charge in [0.05, 0.1) is 17.7 Å². The topological polar surface area (TPSA) is 105 Å². The van der Waals surface area contributed by atoms with E-state index in [4.69, 9.17) is 4.52 Å². The molecule has 1 aromatic heterocycles. The van der Waals surface area contributed by atoms with Gasteiger partial charge in [0.2, 0.25) is 5.91 Å². The van der Waals surface area contributed by atoms with Crippen molar-refractivity contribution < 1.29 is 23.3 Å². The number of nitrogens with zero attached hydrogens (tertiary/aromatic N) is 3. The Balaban J connectivity index is 1.34. The van der Waals surface area contributed by atoms with Crippen molar-refractivity contribution in [1.82, 2.24) is 20.4 Å². The van der Waals surface area contributed by atoms with Crippen LogP contribution in [-0.4, -0.2) is 38.8 Å². The summed E-state index contributed by atoms with van der Waals surface area (Å²) in [6.45, 7) is 1.65. The lowest BCUT2D eigenvalue weighted by molar-refractivity contribution is -0.122. The van der Waals surface area contributed by atoms with Crippen LogP contribution in [0.4, 0.5) is 4.39 Å². The van der Waals surface area contributed by atoms with Crippen molar-refractivity contribution in [2.45, 2.75) is 25.9 Å². The standard InChI is InChI=1S/C21H17FN4O4/c1-12(26-20(28)15-4-2-3-5-16(15)21(26)29)10-18(27)23-11-17-24-19(30-25-17)13-6-8-14(22)9-7-13/h2-9,12H,10-11H2,1H3,(H,23,27)/t12-/m1/s1. The largest absolute Gasteiger partial charge is 0.349 e. The Morgan fingerprint density at radius 3 is 2.37 bits per heavy atom. The fourth-order valence-corrected chi connectivity index (χ4v) is 3.25. The Bertz CT molecular complexity index is 1090. The lowest BCUT2D eigenvalue weighted by Gasteiger charge is -2.21. The molecule has 1 aliphatic heterocycles. The molecule has 8 nitrogen and oxygen atoms in total. The number of hydrogen-bond acceptors (Lipinski definition) is 6. The lowest BCUT2D eigenvalue weighted by atomic mass is 10.1. The quantitative estimate of drug-likeness (QED) is 0.629. The first-order valence-corrected chi connectivity index (χ1v) is 9.26. The SMILES string of the molecule is C[C@H](CC(=O)NCc1noc(-c2ccc(F)cc2)n1)N1C(=O)c2ccccc2C1=O. The summed E-state index contributed by atoms with van der Waals surface area (Å²) in [5.74, 6) is -1.10. The highest BCUT2D eigenvalue weighted by Gasteiger charge is 2.38. The predicted octanol–water partition coefficient (Wildman–Crippen LogP) is 2.57. The van der Waals surface area contributed by atoms with Crippen molar-refractivity contribution in [1.29, 1.82) is 0 Å². The molecule has 0 unspecified atom stereocenters. The molecule has 9 heteroatoms. The molecule has 152 valence electrons. The summed E-state index contributed by atoms with van der Waals surface area (Å²) in [5, 5.41) is 6.43. The molecule has 1 N–H and O–H groups in total. The van der Waals surface area contributed by atoms with Crippen molar-refractivity contribution in [2.24, 2.45) is 0 Å². The molecule has 1 aliphatic rings. The molecule has 2 heterocycles. The van der Waals surface area contributed by atoms with E-state index in [1.807, 2.05) is 0 Å². The molecule has 0 spiro atoms. The number of amides is 3. The third kappa shape index (κ3) is 3.69. The second-order valence-electron chi connectivity index (χ2n) is 6.88. The maximum atomic E-state index is 13.0. The molecule has 0 fully saturated rings. The normalized spacial score (nSPS) is 14.0. The lowest BCUT2D eigenvalue weighted by Crippen LogP contribution is -2.41. The summed E-state index contributed by atoms with van der Waals surface area (Å²) in [6, 6.07) is 11.5. The number of fused-ring (bicyclic) bond motifs is 1. The highest BCUT2D eigenvalue weighted by molar-refractivity contribution is 6.21. The number of aromatic nitrogens is 2. The van der Waals surface area contributed by atoms with Gasteiger partial charge in [0.1, 0.15) is 5.82 Å². The third-order valence-electron chi connectivity index (χ3n) is 4.75. The van der Waals surface area contributed by atoms with Gasteiger partial charge in [-0.25, -0.2) is 4.39 Å². The second-order valence-corrected chi connectivity index (χ2v) is 6.88. The molecule has 0 aliphatic carbocycles. The van der Waals surface area contributed by atoms with E-state index in [1.54, 1.807) is 31.2 Å². The fraction of sp³-hybridized carbons (Fsp3) is 0.190. The van der Waals surface area contributed by atoms with Gasteiger partial charge in [0.15, 0.2) is 5.82 Å². The van der Waals surface area contributed by atoms with Crippen LogP contribution in [0.15, 0.2) is 53.1 Å². The maximum absolute atomic E-state index is 13.0. The first kappa shape index (κ1) is 19.4. The van der Waals surface area contributed by atoms with Crippen LogP contribution in [0.25, 0.3) is 11.5 Å². The molecule has 0 saturated carbocycles. The van der Waals surface area contributed by atoms with Crippen LogP contribution in [-0.2, 0) is 11.3 Å². The van der Waals surface area contributed by atoms with E-state index in [0.717, 1.165) is 4.90 Å². The molecule has 4 rings (SSSR count). The maximum Gasteiger partial charge on any atom is 0.261 e. The van der Waals surface area contributed by atoms with Crippen LogP contribution < -0.4 is 5.32 Å². The van der Waals surface area contributed by atoms with E-state index in [1.165, 1.54) is 24.3 Å². The predicted molar refractivity (Wildman–Crippen MR) is 103 cm³/mol. The highest BCUT2D eigenvalue weighted by Crippen LogP contribution is 2.25. The Morgan fingerprint density at radius 2 is 1.73 bits per heavy atom. The zero-order valence-electron chi connectivity index (χ0n) is 16.0.